The first-order valence-corrected chi connectivity index (χ1v) is 11.1. The number of imide groups is 1. The molecule has 8 heteroatoms. The lowest BCUT2D eigenvalue weighted by atomic mass is 10.0. The van der Waals surface area contributed by atoms with E-state index in [1.807, 2.05) is 30.3 Å². The van der Waals surface area contributed by atoms with E-state index in [1.165, 1.54) is 21.3 Å². The van der Waals surface area contributed by atoms with E-state index in [2.05, 4.69) is 5.32 Å². The maximum Gasteiger partial charge on any atom is 0.262 e. The van der Waals surface area contributed by atoms with Crippen molar-refractivity contribution < 1.29 is 28.6 Å². The maximum atomic E-state index is 13.5. The Morgan fingerprint density at radius 3 is 1.91 bits per heavy atom. The molecule has 8 nitrogen and oxygen atoms in total. The maximum absolute atomic E-state index is 13.5. The molecule has 35 heavy (non-hydrogen) atoms. The largest absolute Gasteiger partial charge is 0.496 e. The number of benzene rings is 3. The minimum Gasteiger partial charge on any atom is -0.496 e. The van der Waals surface area contributed by atoms with Gasteiger partial charge < -0.3 is 19.5 Å². The van der Waals surface area contributed by atoms with Gasteiger partial charge in [-0.15, -0.1) is 0 Å². The van der Waals surface area contributed by atoms with Gasteiger partial charge in [-0.2, -0.15) is 0 Å². The molecule has 3 aromatic carbocycles. The van der Waals surface area contributed by atoms with Gasteiger partial charge in [-0.25, -0.2) is 0 Å². The Bertz CT molecular complexity index is 1220. The van der Waals surface area contributed by atoms with Crippen molar-refractivity contribution in [2.24, 2.45) is 0 Å². The molecular weight excluding hydrogens is 448 g/mol. The van der Waals surface area contributed by atoms with Gasteiger partial charge in [0.25, 0.3) is 11.8 Å². The van der Waals surface area contributed by atoms with Gasteiger partial charge in [0.05, 0.1) is 32.5 Å². The predicted octanol–water partition coefficient (Wildman–Crippen LogP) is 3.24. The Balaban J connectivity index is 1.62. The number of methoxy groups -OCH3 is 3. The zero-order valence-electron chi connectivity index (χ0n) is 19.7. The molecule has 1 N–H and O–H groups in total. The SMILES string of the molecule is COc1cc(OC)c(OC)cc1CNC(=O)[C@@H](Cc1ccccc1)N1C(=O)c2ccccc2C1=O. The van der Waals surface area contributed by atoms with Crippen molar-refractivity contribution in [2.45, 2.75) is 19.0 Å². The summed E-state index contributed by atoms with van der Waals surface area (Å²) in [6, 6.07) is 18.2. The van der Waals surface area contributed by atoms with Gasteiger partial charge in [-0.1, -0.05) is 42.5 Å². The molecule has 3 aromatic rings. The zero-order chi connectivity index (χ0) is 24.9. The Morgan fingerprint density at radius 1 is 0.800 bits per heavy atom. The molecular formula is C27H26N2O6. The standard InChI is InChI=1S/C27H26N2O6/c1-33-22-15-24(35-3)23(34-2)14-18(22)16-28-25(30)21(13-17-9-5-4-6-10-17)29-26(31)19-11-7-8-12-20(19)27(29)32/h4-12,14-15,21H,13,16H2,1-3H3,(H,28,30)/t21-/m1/s1. The van der Waals surface area contributed by atoms with Crippen LogP contribution in [0.2, 0.25) is 0 Å². The van der Waals surface area contributed by atoms with Crippen LogP contribution in [0.25, 0.3) is 0 Å². The van der Waals surface area contributed by atoms with Crippen LogP contribution in [0, 0.1) is 0 Å². The molecule has 1 atom stereocenters. The van der Waals surface area contributed by atoms with Crippen LogP contribution in [-0.4, -0.2) is 50.0 Å². The predicted molar refractivity (Wildman–Crippen MR) is 129 cm³/mol. The average molecular weight is 475 g/mol. The minimum absolute atomic E-state index is 0.0941. The van der Waals surface area contributed by atoms with E-state index in [0.29, 0.717) is 33.9 Å². The molecule has 4 rings (SSSR count). The fourth-order valence-corrected chi connectivity index (χ4v) is 4.16. The molecule has 1 aliphatic rings. The number of nitrogens with zero attached hydrogens (tertiary/aromatic N) is 1. The monoisotopic (exact) mass is 474 g/mol. The van der Waals surface area contributed by atoms with Crippen LogP contribution >= 0.6 is 0 Å². The molecule has 1 aliphatic heterocycles. The number of fused-ring (bicyclic) bond motifs is 1. The summed E-state index contributed by atoms with van der Waals surface area (Å²) in [5.74, 6) is 0.0605. The van der Waals surface area contributed by atoms with Crippen molar-refractivity contribution in [3.63, 3.8) is 0 Å². The Morgan fingerprint density at radius 2 is 1.34 bits per heavy atom. The summed E-state index contributed by atoms with van der Waals surface area (Å²) in [5.41, 5.74) is 2.07. The number of rotatable bonds is 9. The lowest BCUT2D eigenvalue weighted by Crippen LogP contribution is -2.50. The zero-order valence-corrected chi connectivity index (χ0v) is 19.7. The third-order valence-corrected chi connectivity index (χ3v) is 5.95. The molecule has 0 radical (unpaired) electrons. The summed E-state index contributed by atoms with van der Waals surface area (Å²) in [6.07, 6.45) is 0.182. The van der Waals surface area contributed by atoms with Crippen molar-refractivity contribution in [1.29, 1.82) is 0 Å². The second-order valence-electron chi connectivity index (χ2n) is 7.97. The number of ether oxygens (including phenoxy) is 3. The Labute approximate surface area is 203 Å². The van der Waals surface area contributed by atoms with Crippen LogP contribution < -0.4 is 19.5 Å². The summed E-state index contributed by atoms with van der Waals surface area (Å²) in [5, 5.41) is 2.87. The fraction of sp³-hybridized carbons (Fsp3) is 0.222. The average Bonchev–Trinajstić information content (AvgIpc) is 3.15. The summed E-state index contributed by atoms with van der Waals surface area (Å²) >= 11 is 0. The van der Waals surface area contributed by atoms with Crippen LogP contribution in [0.15, 0.2) is 66.7 Å². The molecule has 0 aliphatic carbocycles. The van der Waals surface area contributed by atoms with Crippen LogP contribution in [0.5, 0.6) is 17.2 Å². The molecule has 180 valence electrons. The first-order chi connectivity index (χ1) is 17.0. The fourth-order valence-electron chi connectivity index (χ4n) is 4.16. The van der Waals surface area contributed by atoms with Gasteiger partial charge in [-0.3, -0.25) is 19.3 Å². The molecule has 0 unspecified atom stereocenters. The first-order valence-electron chi connectivity index (χ1n) is 11.1. The molecule has 0 spiro atoms. The second-order valence-corrected chi connectivity index (χ2v) is 7.97. The summed E-state index contributed by atoms with van der Waals surface area (Å²) in [6.45, 7) is 0.0941. The van der Waals surface area contributed by atoms with E-state index in [1.54, 1.807) is 36.4 Å². The number of carbonyl (C=O) groups is 3. The highest BCUT2D eigenvalue weighted by molar-refractivity contribution is 6.22. The van der Waals surface area contributed by atoms with E-state index in [0.717, 1.165) is 10.5 Å². The van der Waals surface area contributed by atoms with E-state index in [4.69, 9.17) is 14.2 Å². The first kappa shape index (κ1) is 23.8. The quantitative estimate of drug-likeness (QED) is 0.479. The van der Waals surface area contributed by atoms with Crippen molar-refractivity contribution in [3.8, 4) is 17.2 Å². The normalized spacial score (nSPS) is 13.3. The number of amides is 3. The van der Waals surface area contributed by atoms with Crippen LogP contribution in [0.1, 0.15) is 31.8 Å². The van der Waals surface area contributed by atoms with E-state index in [-0.39, 0.29) is 13.0 Å². The van der Waals surface area contributed by atoms with E-state index < -0.39 is 23.8 Å². The minimum atomic E-state index is -1.03. The molecule has 0 aromatic heterocycles. The Hall–Kier alpha value is -4.33. The van der Waals surface area contributed by atoms with Crippen molar-refractivity contribution >= 4 is 17.7 Å². The van der Waals surface area contributed by atoms with Gasteiger partial charge in [0.1, 0.15) is 11.8 Å². The Kier molecular flexibility index (Phi) is 7.01. The summed E-state index contributed by atoms with van der Waals surface area (Å²) in [7, 11) is 4.56. The van der Waals surface area contributed by atoms with Gasteiger partial charge in [0.15, 0.2) is 11.5 Å². The van der Waals surface area contributed by atoms with Gasteiger partial charge in [-0.05, 0) is 23.8 Å². The van der Waals surface area contributed by atoms with Crippen LogP contribution in [-0.2, 0) is 17.8 Å². The number of carbonyl (C=O) groups excluding carboxylic acids is 3. The molecule has 0 saturated carbocycles. The number of hydrogen-bond donors (Lipinski definition) is 1. The molecule has 3 amide bonds. The van der Waals surface area contributed by atoms with Gasteiger partial charge >= 0.3 is 0 Å². The second kappa shape index (κ2) is 10.3. The van der Waals surface area contributed by atoms with Crippen molar-refractivity contribution in [2.75, 3.05) is 21.3 Å². The van der Waals surface area contributed by atoms with E-state index in [9.17, 15) is 14.4 Å². The lowest BCUT2D eigenvalue weighted by Gasteiger charge is -2.26. The molecule has 0 fully saturated rings. The highest BCUT2D eigenvalue weighted by Gasteiger charge is 2.42. The van der Waals surface area contributed by atoms with E-state index >= 15 is 0 Å². The lowest BCUT2D eigenvalue weighted by molar-refractivity contribution is -0.125. The highest BCUT2D eigenvalue weighted by atomic mass is 16.5. The van der Waals surface area contributed by atoms with Crippen molar-refractivity contribution in [3.05, 3.63) is 89.0 Å². The molecule has 0 saturated heterocycles. The van der Waals surface area contributed by atoms with Crippen molar-refractivity contribution in [1.82, 2.24) is 10.2 Å². The third kappa shape index (κ3) is 4.68. The van der Waals surface area contributed by atoms with Crippen LogP contribution in [0.3, 0.4) is 0 Å². The summed E-state index contributed by atoms with van der Waals surface area (Å²) < 4.78 is 16.1. The number of hydrogen-bond acceptors (Lipinski definition) is 6. The van der Waals surface area contributed by atoms with Crippen LogP contribution in [0.4, 0.5) is 0 Å². The summed E-state index contributed by atoms with van der Waals surface area (Å²) in [4.78, 5) is 40.8. The smallest absolute Gasteiger partial charge is 0.262 e. The highest BCUT2D eigenvalue weighted by Crippen LogP contribution is 2.34. The van der Waals surface area contributed by atoms with Gasteiger partial charge in [0.2, 0.25) is 5.91 Å². The topological polar surface area (TPSA) is 94.2 Å². The van der Waals surface area contributed by atoms with Gasteiger partial charge in [0, 0.05) is 24.6 Å². The number of nitrogens with one attached hydrogen (secondary N) is 1. The molecule has 0 bridgehead atoms. The molecule has 1 heterocycles. The third-order valence-electron chi connectivity index (χ3n) is 5.95.